The molecule has 0 radical (unpaired) electrons. The van der Waals surface area contributed by atoms with E-state index < -0.39 is 9.84 Å². The van der Waals surface area contributed by atoms with Crippen LogP contribution in [0.15, 0.2) is 77.7 Å². The summed E-state index contributed by atoms with van der Waals surface area (Å²) >= 11 is 0. The number of rotatable bonds is 8. The van der Waals surface area contributed by atoms with Crippen molar-refractivity contribution in [3.63, 3.8) is 0 Å². The van der Waals surface area contributed by atoms with Gasteiger partial charge in [-0.05, 0) is 43.3 Å². The maximum absolute atomic E-state index is 13.7. The molecule has 1 aliphatic heterocycles. The number of benzene rings is 3. The van der Waals surface area contributed by atoms with Gasteiger partial charge in [-0.2, -0.15) is 0 Å². The van der Waals surface area contributed by atoms with Gasteiger partial charge < -0.3 is 20.0 Å². The molecular weight excluding hydrogens is 472 g/mol. The molecule has 0 aromatic heterocycles. The summed E-state index contributed by atoms with van der Waals surface area (Å²) in [5, 5.41) is 3.34. The number of carbonyl (C=O) groups excluding carboxylic acids is 1. The number of nitrogens with zero attached hydrogens (tertiary/aromatic N) is 3. The molecule has 0 unspecified atom stereocenters. The molecule has 8 heteroatoms. The lowest BCUT2D eigenvalue weighted by Crippen LogP contribution is -2.45. The molecule has 3 aromatic rings. The normalized spacial score (nSPS) is 14.5. The summed E-state index contributed by atoms with van der Waals surface area (Å²) in [5.74, 6) is -0.240. The molecule has 1 N–H and O–H groups in total. The average molecular weight is 507 g/mol. The summed E-state index contributed by atoms with van der Waals surface area (Å²) in [6, 6.07) is 22.8. The Kier molecular flexibility index (Phi) is 7.96. The van der Waals surface area contributed by atoms with Crippen LogP contribution in [0.1, 0.15) is 15.9 Å². The van der Waals surface area contributed by atoms with Crippen LogP contribution in [0.25, 0.3) is 0 Å². The number of sulfone groups is 1. The van der Waals surface area contributed by atoms with E-state index >= 15 is 0 Å². The molecule has 0 bridgehead atoms. The number of likely N-dealkylation sites (N-methyl/N-ethyl adjacent to an activating group) is 1. The van der Waals surface area contributed by atoms with Crippen LogP contribution in [-0.4, -0.2) is 72.3 Å². The minimum Gasteiger partial charge on any atom is -0.384 e. The summed E-state index contributed by atoms with van der Waals surface area (Å²) in [4.78, 5) is 19.9. The van der Waals surface area contributed by atoms with E-state index in [2.05, 4.69) is 34.3 Å². The third-order valence-electron chi connectivity index (χ3n) is 6.59. The zero-order valence-electron chi connectivity index (χ0n) is 21.1. The van der Waals surface area contributed by atoms with Crippen LogP contribution in [0, 0.1) is 0 Å². The SMILES string of the molecule is CN1CCN(c2cc(NCCc3ccccc3)c(S(C)(=O)=O)cc2C(=O)N(C)c2ccccc2)CC1. The lowest BCUT2D eigenvalue weighted by molar-refractivity contribution is 0.0993. The van der Waals surface area contributed by atoms with Crippen LogP contribution in [-0.2, 0) is 16.3 Å². The number of hydrogen-bond acceptors (Lipinski definition) is 6. The van der Waals surface area contributed by atoms with E-state index in [0.717, 1.165) is 44.0 Å². The fourth-order valence-corrected chi connectivity index (χ4v) is 5.29. The van der Waals surface area contributed by atoms with Gasteiger partial charge in [-0.1, -0.05) is 48.5 Å². The molecule has 0 atom stereocenters. The minimum atomic E-state index is -3.59. The predicted octanol–water partition coefficient (Wildman–Crippen LogP) is 3.77. The molecule has 1 amide bonds. The molecule has 1 fully saturated rings. The van der Waals surface area contributed by atoms with Gasteiger partial charge in [-0.3, -0.25) is 4.79 Å². The first kappa shape index (κ1) is 25.7. The van der Waals surface area contributed by atoms with Gasteiger partial charge in [-0.25, -0.2) is 8.42 Å². The van der Waals surface area contributed by atoms with Crippen molar-refractivity contribution in [1.82, 2.24) is 4.90 Å². The van der Waals surface area contributed by atoms with Gasteiger partial charge in [0.15, 0.2) is 9.84 Å². The summed E-state index contributed by atoms with van der Waals surface area (Å²) < 4.78 is 25.7. The highest BCUT2D eigenvalue weighted by molar-refractivity contribution is 7.90. The minimum absolute atomic E-state index is 0.137. The second kappa shape index (κ2) is 11.1. The van der Waals surface area contributed by atoms with Crippen molar-refractivity contribution in [2.24, 2.45) is 0 Å². The second-order valence-corrected chi connectivity index (χ2v) is 11.3. The highest BCUT2D eigenvalue weighted by Crippen LogP contribution is 2.33. The average Bonchev–Trinajstić information content (AvgIpc) is 2.88. The Bertz CT molecular complexity index is 1290. The van der Waals surface area contributed by atoms with E-state index in [1.54, 1.807) is 18.0 Å². The Balaban J connectivity index is 1.73. The first-order chi connectivity index (χ1) is 17.2. The predicted molar refractivity (Wildman–Crippen MR) is 147 cm³/mol. The highest BCUT2D eigenvalue weighted by Gasteiger charge is 2.27. The Hall–Kier alpha value is -3.36. The summed E-state index contributed by atoms with van der Waals surface area (Å²) in [7, 11) is 0.208. The lowest BCUT2D eigenvalue weighted by atomic mass is 10.1. The van der Waals surface area contributed by atoms with Crippen molar-refractivity contribution >= 4 is 32.8 Å². The zero-order valence-corrected chi connectivity index (χ0v) is 22.0. The Labute approximate surface area is 214 Å². The molecule has 1 aliphatic rings. The molecule has 1 saturated heterocycles. The number of piperazine rings is 1. The van der Waals surface area contributed by atoms with Crippen molar-refractivity contribution in [2.45, 2.75) is 11.3 Å². The van der Waals surface area contributed by atoms with Crippen molar-refractivity contribution in [1.29, 1.82) is 0 Å². The molecule has 3 aromatic carbocycles. The number of amides is 1. The van der Waals surface area contributed by atoms with Gasteiger partial charge in [-0.15, -0.1) is 0 Å². The molecule has 4 rings (SSSR count). The van der Waals surface area contributed by atoms with Crippen molar-refractivity contribution < 1.29 is 13.2 Å². The van der Waals surface area contributed by atoms with Crippen LogP contribution in [0.2, 0.25) is 0 Å². The van der Waals surface area contributed by atoms with Gasteiger partial charge in [0.05, 0.1) is 21.8 Å². The first-order valence-electron chi connectivity index (χ1n) is 12.2. The Morgan fingerprint density at radius 2 is 1.56 bits per heavy atom. The number of nitrogens with one attached hydrogen (secondary N) is 1. The maximum atomic E-state index is 13.7. The molecule has 7 nitrogen and oxygen atoms in total. The van der Waals surface area contributed by atoms with Crippen molar-refractivity contribution in [2.75, 3.05) is 68.2 Å². The smallest absolute Gasteiger partial charge is 0.260 e. The number of para-hydroxylation sites is 1. The topological polar surface area (TPSA) is 73.0 Å². The Morgan fingerprint density at radius 3 is 2.17 bits per heavy atom. The van der Waals surface area contributed by atoms with Gasteiger partial charge >= 0.3 is 0 Å². The van der Waals surface area contributed by atoms with E-state index in [4.69, 9.17) is 0 Å². The molecule has 190 valence electrons. The highest BCUT2D eigenvalue weighted by atomic mass is 32.2. The third kappa shape index (κ3) is 6.06. The van der Waals surface area contributed by atoms with Crippen LogP contribution in [0.3, 0.4) is 0 Å². The number of hydrogen-bond donors (Lipinski definition) is 1. The second-order valence-electron chi connectivity index (χ2n) is 9.29. The fourth-order valence-electron chi connectivity index (χ4n) is 4.43. The molecular formula is C28H34N4O3S. The zero-order chi connectivity index (χ0) is 25.7. The van der Waals surface area contributed by atoms with Gasteiger partial charge in [0.1, 0.15) is 0 Å². The first-order valence-corrected chi connectivity index (χ1v) is 14.1. The molecule has 1 heterocycles. The van der Waals surface area contributed by atoms with E-state index in [1.807, 2.05) is 54.6 Å². The quantitative estimate of drug-likeness (QED) is 0.502. The largest absolute Gasteiger partial charge is 0.384 e. The van der Waals surface area contributed by atoms with Gasteiger partial charge in [0, 0.05) is 51.7 Å². The third-order valence-corrected chi connectivity index (χ3v) is 7.73. The van der Waals surface area contributed by atoms with Crippen molar-refractivity contribution in [3.05, 3.63) is 83.9 Å². The summed E-state index contributed by atoms with van der Waals surface area (Å²) in [6.07, 6.45) is 1.95. The van der Waals surface area contributed by atoms with Gasteiger partial charge in [0.2, 0.25) is 0 Å². The van der Waals surface area contributed by atoms with Crippen LogP contribution >= 0.6 is 0 Å². The monoisotopic (exact) mass is 506 g/mol. The van der Waals surface area contributed by atoms with E-state index in [1.165, 1.54) is 11.8 Å². The van der Waals surface area contributed by atoms with E-state index in [9.17, 15) is 13.2 Å². The van der Waals surface area contributed by atoms with Crippen LogP contribution in [0.5, 0.6) is 0 Å². The summed E-state index contributed by atoms with van der Waals surface area (Å²) in [5.41, 5.74) is 3.59. The molecule has 0 spiro atoms. The summed E-state index contributed by atoms with van der Waals surface area (Å²) in [6.45, 7) is 3.83. The van der Waals surface area contributed by atoms with Crippen LogP contribution in [0.4, 0.5) is 17.1 Å². The van der Waals surface area contributed by atoms with Gasteiger partial charge in [0.25, 0.3) is 5.91 Å². The molecule has 0 aliphatic carbocycles. The van der Waals surface area contributed by atoms with E-state index in [-0.39, 0.29) is 10.8 Å². The maximum Gasteiger partial charge on any atom is 0.260 e. The number of carbonyl (C=O) groups is 1. The molecule has 0 saturated carbocycles. The Morgan fingerprint density at radius 1 is 0.944 bits per heavy atom. The van der Waals surface area contributed by atoms with E-state index in [0.29, 0.717) is 17.8 Å². The number of anilines is 3. The standard InChI is InChI=1S/C28H34N4O3S/c1-30-16-18-32(19-17-30)26-21-25(29-15-14-22-10-6-4-7-11-22)27(36(3,34)35)20-24(26)28(33)31(2)23-12-8-5-9-13-23/h4-13,20-21,29H,14-19H2,1-3H3. The fraction of sp³-hybridized carbons (Fsp3) is 0.321. The van der Waals surface area contributed by atoms with Crippen molar-refractivity contribution in [3.8, 4) is 0 Å². The lowest BCUT2D eigenvalue weighted by Gasteiger charge is -2.36. The van der Waals surface area contributed by atoms with Crippen LogP contribution < -0.4 is 15.1 Å². The molecule has 36 heavy (non-hydrogen) atoms.